The minimum atomic E-state index is -0.120. The van der Waals surface area contributed by atoms with E-state index in [1.807, 2.05) is 30.3 Å². The van der Waals surface area contributed by atoms with Gasteiger partial charge in [-0.05, 0) is 13.3 Å². The van der Waals surface area contributed by atoms with Crippen LogP contribution < -0.4 is 5.56 Å². The van der Waals surface area contributed by atoms with E-state index in [0.717, 1.165) is 17.7 Å². The van der Waals surface area contributed by atoms with E-state index in [4.69, 9.17) is 0 Å². The molecule has 2 rings (SSSR count). The largest absolute Gasteiger partial charge is 0.349 e. The lowest BCUT2D eigenvalue weighted by molar-refractivity contribution is -0.128. The topological polar surface area (TPSA) is 66.1 Å². The molecule has 0 saturated heterocycles. The lowest BCUT2D eigenvalue weighted by atomic mass is 10.1. The number of amides is 1. The molecule has 1 amide bonds. The molecule has 5 nitrogen and oxygen atoms in total. The maximum absolute atomic E-state index is 12.1. The Bertz CT molecular complexity index is 726. The molecule has 0 aliphatic heterocycles. The number of nitrogens with zero attached hydrogens (tertiary/aromatic N) is 2. The summed E-state index contributed by atoms with van der Waals surface area (Å²) in [5, 5.41) is 0.594. The van der Waals surface area contributed by atoms with Gasteiger partial charge in [-0.15, -0.1) is 0 Å². The number of aromatic amines is 1. The predicted octanol–water partition coefficient (Wildman–Crippen LogP) is 2.71. The van der Waals surface area contributed by atoms with E-state index in [1.165, 1.54) is 11.8 Å². The minimum absolute atomic E-state index is 0.112. The zero-order valence-corrected chi connectivity index (χ0v) is 14.4. The zero-order chi connectivity index (χ0) is 16.8. The molecule has 0 aliphatic rings. The molecule has 0 unspecified atom stereocenters. The number of carbonyl (C=O) groups is 1. The Balaban J connectivity index is 2.08. The second-order valence-corrected chi connectivity index (χ2v) is 6.53. The normalized spacial score (nSPS) is 10.6. The third-order valence-corrected chi connectivity index (χ3v) is 4.41. The van der Waals surface area contributed by atoms with Crippen molar-refractivity contribution in [3.63, 3.8) is 0 Å². The average molecular weight is 331 g/mol. The van der Waals surface area contributed by atoms with Crippen molar-refractivity contribution in [2.24, 2.45) is 0 Å². The first-order valence-corrected chi connectivity index (χ1v) is 8.47. The van der Waals surface area contributed by atoms with Gasteiger partial charge in [0.25, 0.3) is 5.56 Å². The average Bonchev–Trinajstić information content (AvgIpc) is 2.55. The first-order chi connectivity index (χ1) is 11.0. The first-order valence-electron chi connectivity index (χ1n) is 7.48. The summed E-state index contributed by atoms with van der Waals surface area (Å²) in [5.74, 6) is 0.848. The third kappa shape index (κ3) is 4.69. The number of rotatable bonds is 6. The summed E-state index contributed by atoms with van der Waals surface area (Å²) in [6.07, 6.45) is 1.25. The Hall–Kier alpha value is -2.08. The van der Waals surface area contributed by atoms with Crippen LogP contribution in [-0.4, -0.2) is 40.6 Å². The van der Waals surface area contributed by atoms with Gasteiger partial charge < -0.3 is 9.88 Å². The van der Waals surface area contributed by atoms with Gasteiger partial charge in [-0.2, -0.15) is 0 Å². The molecule has 1 aromatic carbocycles. The molecule has 1 aromatic heterocycles. The van der Waals surface area contributed by atoms with Crippen LogP contribution in [0.4, 0.5) is 0 Å². The van der Waals surface area contributed by atoms with Crippen LogP contribution in [0.1, 0.15) is 18.4 Å². The number of hydrogen-bond acceptors (Lipinski definition) is 4. The van der Waals surface area contributed by atoms with Crippen LogP contribution in [0.5, 0.6) is 0 Å². The van der Waals surface area contributed by atoms with E-state index in [-0.39, 0.29) is 11.5 Å². The van der Waals surface area contributed by atoms with E-state index in [0.29, 0.717) is 22.8 Å². The summed E-state index contributed by atoms with van der Waals surface area (Å²) in [5.41, 5.74) is 2.14. The minimum Gasteiger partial charge on any atom is -0.349 e. The van der Waals surface area contributed by atoms with Gasteiger partial charge in [0.15, 0.2) is 5.16 Å². The Labute approximate surface area is 140 Å². The summed E-state index contributed by atoms with van der Waals surface area (Å²) in [4.78, 5) is 32.6. The van der Waals surface area contributed by atoms with Crippen molar-refractivity contribution < 1.29 is 4.79 Å². The van der Waals surface area contributed by atoms with Crippen LogP contribution in [0.3, 0.4) is 0 Å². The molecule has 0 atom stereocenters. The molecule has 1 heterocycles. The van der Waals surface area contributed by atoms with Gasteiger partial charge in [0.05, 0.1) is 5.69 Å². The second kappa shape index (κ2) is 7.97. The smallest absolute Gasteiger partial charge is 0.255 e. The number of H-pyrrole nitrogens is 1. The van der Waals surface area contributed by atoms with Crippen molar-refractivity contribution in [3.8, 4) is 11.3 Å². The number of hydrogen-bond donors (Lipinski definition) is 1. The molecule has 122 valence electrons. The fourth-order valence-corrected chi connectivity index (χ4v) is 2.88. The molecule has 2 aromatic rings. The van der Waals surface area contributed by atoms with Gasteiger partial charge in [-0.3, -0.25) is 9.59 Å². The van der Waals surface area contributed by atoms with Gasteiger partial charge in [-0.25, -0.2) is 4.98 Å². The Morgan fingerprint density at radius 2 is 1.96 bits per heavy atom. The molecule has 0 aliphatic carbocycles. The highest BCUT2D eigenvalue weighted by Crippen LogP contribution is 2.22. The van der Waals surface area contributed by atoms with Gasteiger partial charge >= 0.3 is 0 Å². The van der Waals surface area contributed by atoms with E-state index in [9.17, 15) is 9.59 Å². The van der Waals surface area contributed by atoms with Gasteiger partial charge in [-0.1, -0.05) is 42.1 Å². The molecular weight excluding hydrogens is 310 g/mol. The maximum Gasteiger partial charge on any atom is 0.255 e. The summed E-state index contributed by atoms with van der Waals surface area (Å²) in [6, 6.07) is 9.68. The predicted molar refractivity (Wildman–Crippen MR) is 93.7 cm³/mol. The van der Waals surface area contributed by atoms with E-state index in [2.05, 4.69) is 9.97 Å². The van der Waals surface area contributed by atoms with Crippen LogP contribution in [0.15, 0.2) is 40.3 Å². The Morgan fingerprint density at radius 1 is 1.26 bits per heavy atom. The van der Waals surface area contributed by atoms with Crippen molar-refractivity contribution in [1.29, 1.82) is 0 Å². The fraction of sp³-hybridized carbons (Fsp3) is 0.353. The highest BCUT2D eigenvalue weighted by Gasteiger charge is 2.10. The molecule has 1 N–H and O–H groups in total. The van der Waals surface area contributed by atoms with Gasteiger partial charge in [0.1, 0.15) is 0 Å². The summed E-state index contributed by atoms with van der Waals surface area (Å²) in [6.45, 7) is 1.78. The van der Waals surface area contributed by atoms with Crippen LogP contribution >= 0.6 is 11.8 Å². The molecule has 0 spiro atoms. The summed E-state index contributed by atoms with van der Waals surface area (Å²) in [7, 11) is 3.50. The van der Waals surface area contributed by atoms with Crippen molar-refractivity contribution in [2.75, 3.05) is 19.8 Å². The van der Waals surface area contributed by atoms with Crippen molar-refractivity contribution in [1.82, 2.24) is 14.9 Å². The second-order valence-electron chi connectivity index (χ2n) is 5.45. The molecule has 0 radical (unpaired) electrons. The lowest BCUT2D eigenvalue weighted by Gasteiger charge is -2.10. The summed E-state index contributed by atoms with van der Waals surface area (Å²) >= 11 is 1.47. The van der Waals surface area contributed by atoms with Gasteiger partial charge in [0, 0.05) is 37.4 Å². The van der Waals surface area contributed by atoms with Crippen molar-refractivity contribution in [2.45, 2.75) is 24.9 Å². The third-order valence-electron chi connectivity index (χ3n) is 3.45. The standard InChI is InChI=1S/C17H21N3O2S/c1-12-15(13-8-5-4-6-9-13)18-17(19-16(12)22)23-11-7-10-14(21)20(2)3/h4-6,8-9H,7,10-11H2,1-3H3,(H,18,19,22). The van der Waals surface area contributed by atoms with E-state index < -0.39 is 0 Å². The highest BCUT2D eigenvalue weighted by molar-refractivity contribution is 7.99. The molecule has 6 heteroatoms. The van der Waals surface area contributed by atoms with E-state index >= 15 is 0 Å². The van der Waals surface area contributed by atoms with Crippen molar-refractivity contribution in [3.05, 3.63) is 46.2 Å². The lowest BCUT2D eigenvalue weighted by Crippen LogP contribution is -2.21. The number of aromatic nitrogens is 2. The van der Waals surface area contributed by atoms with Crippen LogP contribution in [0.2, 0.25) is 0 Å². The Morgan fingerprint density at radius 3 is 2.61 bits per heavy atom. The number of thioether (sulfide) groups is 1. The SMILES string of the molecule is Cc1c(-c2ccccc2)nc(SCCCC(=O)N(C)C)[nH]c1=O. The number of benzene rings is 1. The quantitative estimate of drug-likeness (QED) is 0.502. The van der Waals surface area contributed by atoms with Crippen LogP contribution in [0.25, 0.3) is 11.3 Å². The zero-order valence-electron chi connectivity index (χ0n) is 13.6. The molecule has 23 heavy (non-hydrogen) atoms. The van der Waals surface area contributed by atoms with Crippen LogP contribution in [-0.2, 0) is 4.79 Å². The van der Waals surface area contributed by atoms with E-state index in [1.54, 1.807) is 25.9 Å². The molecule has 0 fully saturated rings. The monoisotopic (exact) mass is 331 g/mol. The van der Waals surface area contributed by atoms with Crippen molar-refractivity contribution >= 4 is 17.7 Å². The number of carbonyl (C=O) groups excluding carboxylic acids is 1. The fourth-order valence-electron chi connectivity index (χ4n) is 2.07. The first kappa shape index (κ1) is 17.3. The highest BCUT2D eigenvalue weighted by atomic mass is 32.2. The maximum atomic E-state index is 12.1. The van der Waals surface area contributed by atoms with Crippen LogP contribution in [0, 0.1) is 6.92 Å². The molecule has 0 bridgehead atoms. The molecule has 0 saturated carbocycles. The molecular formula is C17H21N3O2S. The summed E-state index contributed by atoms with van der Waals surface area (Å²) < 4.78 is 0. The Kier molecular flexibility index (Phi) is 5.98. The van der Waals surface area contributed by atoms with Gasteiger partial charge in [0.2, 0.25) is 5.91 Å². The number of nitrogens with one attached hydrogen (secondary N) is 1.